The summed E-state index contributed by atoms with van der Waals surface area (Å²) in [6.45, 7) is 1.70. The maximum Gasteiger partial charge on any atom is 0.339 e. The van der Waals surface area contributed by atoms with Gasteiger partial charge in [0.2, 0.25) is 5.91 Å². The summed E-state index contributed by atoms with van der Waals surface area (Å²) in [6.07, 6.45) is 2.92. The molecule has 3 aromatic heterocycles. The van der Waals surface area contributed by atoms with E-state index in [4.69, 9.17) is 0 Å². The summed E-state index contributed by atoms with van der Waals surface area (Å²) in [5.74, 6) is -4.27. The van der Waals surface area contributed by atoms with E-state index < -0.39 is 29.3 Å². The van der Waals surface area contributed by atoms with Crippen LogP contribution < -0.4 is 10.6 Å². The Morgan fingerprint density at radius 1 is 0.689 bits per heavy atom. The summed E-state index contributed by atoms with van der Waals surface area (Å²) >= 11 is 0. The first-order chi connectivity index (χ1) is 21.5. The van der Waals surface area contributed by atoms with Crippen molar-refractivity contribution in [2.45, 2.75) is 6.92 Å². The smallest absolute Gasteiger partial charge is 0.339 e. The largest absolute Gasteiger partial charge is 0.507 e. The van der Waals surface area contributed by atoms with Crippen molar-refractivity contribution >= 4 is 23.8 Å². The number of aromatic carboxylic acids is 2. The van der Waals surface area contributed by atoms with Crippen LogP contribution in [-0.4, -0.2) is 92.2 Å². The average Bonchev–Trinajstić information content (AvgIpc) is 3.70. The molecule has 17 nitrogen and oxygen atoms in total. The minimum absolute atomic E-state index is 0.142. The highest BCUT2D eigenvalue weighted by Gasteiger charge is 2.18. The number of nitrogens with one attached hydrogen (secondary N) is 2. The minimum atomic E-state index is -1.30. The Kier molecular flexibility index (Phi) is 8.15. The predicted molar refractivity (Wildman–Crippen MR) is 153 cm³/mol. The number of nitrogens with zero attached hydrogens (tertiary/aromatic N) is 7. The van der Waals surface area contributed by atoms with Crippen molar-refractivity contribution in [3.8, 4) is 45.6 Å². The molecule has 228 valence electrons. The topological polar surface area (TPSA) is 248 Å². The number of rotatable bonds is 10. The van der Waals surface area contributed by atoms with E-state index in [9.17, 15) is 39.6 Å². The summed E-state index contributed by atoms with van der Waals surface area (Å²) in [4.78, 5) is 51.3. The van der Waals surface area contributed by atoms with Crippen LogP contribution in [0.2, 0.25) is 0 Å². The average molecular weight is 614 g/mol. The molecule has 0 unspecified atom stereocenters. The van der Waals surface area contributed by atoms with Gasteiger partial charge in [0.25, 0.3) is 5.91 Å². The number of pyridine rings is 1. The number of amides is 2. The molecule has 3 heterocycles. The number of aromatic nitrogens is 7. The second-order valence-corrected chi connectivity index (χ2v) is 9.48. The van der Waals surface area contributed by atoms with Gasteiger partial charge in [-0.05, 0) is 36.4 Å². The Morgan fingerprint density at radius 3 is 1.58 bits per heavy atom. The SMILES string of the molecule is CC(=O)NCCNC(=O)c1cc(-c2cn(-c3ccc(C(=O)O)c(O)c3)nn2)nc(-c2cn(-c3ccc(C(=O)O)c(O)c3)nn2)c1. The molecule has 0 radical (unpaired) electrons. The molecule has 2 aromatic carbocycles. The number of hydrogen-bond acceptors (Lipinski definition) is 11. The van der Waals surface area contributed by atoms with Crippen molar-refractivity contribution < 1.29 is 39.6 Å². The Balaban J connectivity index is 1.50. The molecule has 0 aliphatic carbocycles. The molecule has 0 saturated heterocycles. The highest BCUT2D eigenvalue weighted by molar-refractivity contribution is 5.96. The standard InChI is InChI=1S/C28H23N9O8/c1-14(38)29-6-7-30-26(41)15-8-20(22-12-36(34-32-22)16-2-4-18(27(42)43)24(39)10-16)31-21(9-15)23-13-37(35-33-23)17-3-5-19(28(44)45)25(40)11-17/h2-5,8-13,39-40H,6-7H2,1H3,(H,29,38)(H,30,41)(H,42,43)(H,44,45). The van der Waals surface area contributed by atoms with Crippen molar-refractivity contribution in [3.05, 3.63) is 77.6 Å². The normalized spacial score (nSPS) is 10.8. The van der Waals surface area contributed by atoms with Crippen molar-refractivity contribution in [1.82, 2.24) is 45.6 Å². The minimum Gasteiger partial charge on any atom is -0.507 e. The lowest BCUT2D eigenvalue weighted by molar-refractivity contribution is -0.118. The van der Waals surface area contributed by atoms with E-state index >= 15 is 0 Å². The van der Waals surface area contributed by atoms with Crippen LogP contribution in [0, 0.1) is 0 Å². The molecule has 17 heteroatoms. The number of aromatic hydroxyl groups is 2. The first-order valence-electron chi connectivity index (χ1n) is 13.0. The Morgan fingerprint density at radius 2 is 1.16 bits per heavy atom. The third-order valence-corrected chi connectivity index (χ3v) is 6.34. The summed E-state index contributed by atoms with van der Waals surface area (Å²) in [5.41, 5.74) is 1.04. The quantitative estimate of drug-likeness (QED) is 0.122. The number of hydrogen-bond donors (Lipinski definition) is 6. The number of carboxylic acid groups (broad SMARTS) is 2. The number of benzene rings is 2. The Bertz CT molecular complexity index is 1850. The summed E-state index contributed by atoms with van der Waals surface area (Å²) in [5, 5.41) is 60.1. The van der Waals surface area contributed by atoms with Gasteiger partial charge in [-0.3, -0.25) is 9.59 Å². The van der Waals surface area contributed by atoms with Crippen LogP contribution in [0.5, 0.6) is 11.5 Å². The fraction of sp³-hybridized carbons (Fsp3) is 0.107. The molecule has 0 aliphatic rings. The fourth-order valence-electron chi connectivity index (χ4n) is 4.14. The van der Waals surface area contributed by atoms with Gasteiger partial charge in [0.05, 0.1) is 35.2 Å². The third-order valence-electron chi connectivity index (χ3n) is 6.34. The van der Waals surface area contributed by atoms with Gasteiger partial charge in [-0.1, -0.05) is 10.4 Å². The highest BCUT2D eigenvalue weighted by Crippen LogP contribution is 2.26. The summed E-state index contributed by atoms with van der Waals surface area (Å²) < 4.78 is 2.57. The van der Waals surface area contributed by atoms with Crippen molar-refractivity contribution in [2.75, 3.05) is 13.1 Å². The van der Waals surface area contributed by atoms with E-state index in [0.29, 0.717) is 11.4 Å². The molecule has 0 bridgehead atoms. The molecule has 0 fully saturated rings. The van der Waals surface area contributed by atoms with Crippen molar-refractivity contribution in [3.63, 3.8) is 0 Å². The molecule has 0 aliphatic heterocycles. The van der Waals surface area contributed by atoms with Crippen LogP contribution in [0.3, 0.4) is 0 Å². The van der Waals surface area contributed by atoms with E-state index in [1.54, 1.807) is 0 Å². The molecule has 2 amide bonds. The molecule has 0 saturated carbocycles. The Hall–Kier alpha value is -6.65. The van der Waals surface area contributed by atoms with Crippen LogP contribution in [-0.2, 0) is 4.79 Å². The highest BCUT2D eigenvalue weighted by atomic mass is 16.4. The number of phenols is 2. The second-order valence-electron chi connectivity index (χ2n) is 9.48. The van der Waals surface area contributed by atoms with Crippen LogP contribution in [0.15, 0.2) is 60.9 Å². The summed E-state index contributed by atoms with van der Waals surface area (Å²) in [7, 11) is 0. The molecular weight excluding hydrogens is 590 g/mol. The lowest BCUT2D eigenvalue weighted by Crippen LogP contribution is -2.33. The van der Waals surface area contributed by atoms with Crippen LogP contribution in [0.4, 0.5) is 0 Å². The molecule has 6 N–H and O–H groups in total. The maximum atomic E-state index is 13.1. The van der Waals surface area contributed by atoms with Gasteiger partial charge in [-0.25, -0.2) is 23.9 Å². The monoisotopic (exact) mass is 613 g/mol. The van der Waals surface area contributed by atoms with Gasteiger partial charge in [0, 0.05) is 37.7 Å². The molecule has 45 heavy (non-hydrogen) atoms. The first kappa shape index (κ1) is 29.8. The van der Waals surface area contributed by atoms with E-state index in [2.05, 4.69) is 36.2 Å². The van der Waals surface area contributed by atoms with Gasteiger partial charge in [0.1, 0.15) is 34.0 Å². The lowest BCUT2D eigenvalue weighted by atomic mass is 10.1. The van der Waals surface area contributed by atoms with Crippen LogP contribution >= 0.6 is 0 Å². The van der Waals surface area contributed by atoms with E-state index in [-0.39, 0.29) is 58.5 Å². The van der Waals surface area contributed by atoms with E-state index in [0.717, 1.165) is 0 Å². The second kappa shape index (κ2) is 12.3. The molecule has 0 spiro atoms. The zero-order valence-electron chi connectivity index (χ0n) is 23.2. The van der Waals surface area contributed by atoms with Gasteiger partial charge in [-0.2, -0.15) is 0 Å². The fourth-order valence-corrected chi connectivity index (χ4v) is 4.14. The number of carboxylic acids is 2. The van der Waals surface area contributed by atoms with Gasteiger partial charge in [0.15, 0.2) is 0 Å². The van der Waals surface area contributed by atoms with Crippen molar-refractivity contribution in [2.24, 2.45) is 0 Å². The van der Waals surface area contributed by atoms with E-state index in [1.165, 1.54) is 77.2 Å². The summed E-state index contributed by atoms with van der Waals surface area (Å²) in [6, 6.07) is 10.6. The van der Waals surface area contributed by atoms with Crippen LogP contribution in [0.1, 0.15) is 38.0 Å². The first-order valence-corrected chi connectivity index (χ1v) is 13.0. The zero-order chi connectivity index (χ0) is 32.2. The third kappa shape index (κ3) is 6.56. The number of carbonyl (C=O) groups excluding carboxylic acids is 2. The van der Waals surface area contributed by atoms with Crippen molar-refractivity contribution in [1.29, 1.82) is 0 Å². The van der Waals surface area contributed by atoms with Gasteiger partial charge < -0.3 is 31.1 Å². The maximum absolute atomic E-state index is 13.1. The lowest BCUT2D eigenvalue weighted by Gasteiger charge is -2.08. The molecule has 5 rings (SSSR count). The number of carbonyl (C=O) groups is 4. The molecule has 0 atom stereocenters. The molecule has 5 aromatic rings. The van der Waals surface area contributed by atoms with Crippen LogP contribution in [0.25, 0.3) is 34.2 Å². The Labute approximate surface area is 252 Å². The van der Waals surface area contributed by atoms with Gasteiger partial charge in [-0.15, -0.1) is 10.2 Å². The molecular formula is C28H23N9O8. The predicted octanol–water partition coefficient (Wildman–Crippen LogP) is 1.25. The zero-order valence-corrected chi connectivity index (χ0v) is 23.2. The van der Waals surface area contributed by atoms with E-state index in [1.807, 2.05) is 0 Å². The van der Waals surface area contributed by atoms with Gasteiger partial charge >= 0.3 is 11.9 Å².